The second-order valence-corrected chi connectivity index (χ2v) is 6.77. The first-order valence-electron chi connectivity index (χ1n) is 8.33. The zero-order chi connectivity index (χ0) is 13.7. The number of rotatable bonds is 6. The summed E-state index contributed by atoms with van der Waals surface area (Å²) in [5.41, 5.74) is 0. The molecule has 0 aromatic rings. The first-order valence-corrected chi connectivity index (χ1v) is 8.33. The molecule has 3 heteroatoms. The molecular weight excluding hydrogens is 234 g/mol. The Balaban J connectivity index is 1.82. The summed E-state index contributed by atoms with van der Waals surface area (Å²) in [6.07, 6.45) is 8.24. The molecule has 3 nitrogen and oxygen atoms in total. The minimum atomic E-state index is 0.734. The maximum absolute atomic E-state index is 3.78. The Morgan fingerprint density at radius 3 is 2.68 bits per heavy atom. The molecule has 112 valence electrons. The smallest absolute Gasteiger partial charge is 0.0246 e. The van der Waals surface area contributed by atoms with Gasteiger partial charge in [-0.1, -0.05) is 19.8 Å². The maximum atomic E-state index is 3.78. The molecule has 2 fully saturated rings. The van der Waals surface area contributed by atoms with Crippen LogP contribution in [0.3, 0.4) is 0 Å². The van der Waals surface area contributed by atoms with Crippen LogP contribution in [0.25, 0.3) is 0 Å². The highest BCUT2D eigenvalue weighted by molar-refractivity contribution is 4.88. The van der Waals surface area contributed by atoms with Gasteiger partial charge in [-0.2, -0.15) is 0 Å². The van der Waals surface area contributed by atoms with Crippen molar-refractivity contribution < 1.29 is 0 Å². The summed E-state index contributed by atoms with van der Waals surface area (Å²) in [5.74, 6) is 0.892. The van der Waals surface area contributed by atoms with E-state index in [2.05, 4.69) is 36.1 Å². The van der Waals surface area contributed by atoms with Gasteiger partial charge in [0.25, 0.3) is 0 Å². The van der Waals surface area contributed by atoms with E-state index in [0.717, 1.165) is 18.0 Å². The molecule has 1 aliphatic carbocycles. The highest BCUT2D eigenvalue weighted by Crippen LogP contribution is 2.24. The molecule has 0 spiro atoms. The molecule has 1 N–H and O–H groups in total. The van der Waals surface area contributed by atoms with Crippen molar-refractivity contribution in [2.24, 2.45) is 5.92 Å². The lowest BCUT2D eigenvalue weighted by molar-refractivity contribution is 0.132. The van der Waals surface area contributed by atoms with E-state index < -0.39 is 0 Å². The highest BCUT2D eigenvalue weighted by atomic mass is 15.2. The van der Waals surface area contributed by atoms with Gasteiger partial charge in [-0.05, 0) is 58.8 Å². The van der Waals surface area contributed by atoms with Gasteiger partial charge in [0.05, 0.1) is 0 Å². The summed E-state index contributed by atoms with van der Waals surface area (Å²) in [7, 11) is 4.61. The number of hydrogen-bond donors (Lipinski definition) is 1. The van der Waals surface area contributed by atoms with E-state index in [1.54, 1.807) is 0 Å². The van der Waals surface area contributed by atoms with Crippen LogP contribution in [0.2, 0.25) is 0 Å². The zero-order valence-corrected chi connectivity index (χ0v) is 13.2. The van der Waals surface area contributed by atoms with Gasteiger partial charge in [0.15, 0.2) is 0 Å². The topological polar surface area (TPSA) is 18.5 Å². The molecule has 1 aliphatic heterocycles. The van der Waals surface area contributed by atoms with Crippen molar-refractivity contribution in [2.45, 2.75) is 57.5 Å². The normalized spacial score (nSPS) is 33.2. The summed E-state index contributed by atoms with van der Waals surface area (Å²) < 4.78 is 0. The number of hydrogen-bond acceptors (Lipinski definition) is 3. The monoisotopic (exact) mass is 267 g/mol. The fourth-order valence-corrected chi connectivity index (χ4v) is 3.92. The Labute approximate surface area is 119 Å². The van der Waals surface area contributed by atoms with Crippen LogP contribution in [-0.2, 0) is 0 Å². The van der Waals surface area contributed by atoms with Crippen molar-refractivity contribution in [1.82, 2.24) is 15.1 Å². The van der Waals surface area contributed by atoms with Gasteiger partial charge < -0.3 is 15.1 Å². The van der Waals surface area contributed by atoms with E-state index in [4.69, 9.17) is 0 Å². The molecule has 3 atom stereocenters. The van der Waals surface area contributed by atoms with Crippen LogP contribution in [0.4, 0.5) is 0 Å². The minimum absolute atomic E-state index is 0.734. The van der Waals surface area contributed by atoms with Crippen molar-refractivity contribution in [3.8, 4) is 0 Å². The first-order chi connectivity index (χ1) is 9.20. The molecule has 1 heterocycles. The fourth-order valence-electron chi connectivity index (χ4n) is 3.92. The van der Waals surface area contributed by atoms with Gasteiger partial charge in [-0.3, -0.25) is 0 Å². The molecule has 3 unspecified atom stereocenters. The molecule has 1 saturated carbocycles. The Bertz CT molecular complexity index is 256. The molecule has 19 heavy (non-hydrogen) atoms. The quantitative estimate of drug-likeness (QED) is 0.796. The van der Waals surface area contributed by atoms with Crippen LogP contribution >= 0.6 is 0 Å². The summed E-state index contributed by atoms with van der Waals surface area (Å²) >= 11 is 0. The van der Waals surface area contributed by atoms with E-state index in [0.29, 0.717) is 0 Å². The number of likely N-dealkylation sites (N-methyl/N-ethyl adjacent to an activating group) is 1. The molecule has 2 aliphatic rings. The van der Waals surface area contributed by atoms with Crippen molar-refractivity contribution in [3.63, 3.8) is 0 Å². The fraction of sp³-hybridized carbons (Fsp3) is 1.00. The lowest BCUT2D eigenvalue weighted by Crippen LogP contribution is -2.51. The van der Waals surface area contributed by atoms with E-state index in [9.17, 15) is 0 Å². The van der Waals surface area contributed by atoms with E-state index in [1.165, 1.54) is 64.7 Å². The minimum Gasteiger partial charge on any atom is -0.312 e. The lowest BCUT2D eigenvalue weighted by Gasteiger charge is -2.39. The largest absolute Gasteiger partial charge is 0.312 e. The van der Waals surface area contributed by atoms with Crippen molar-refractivity contribution in [2.75, 3.05) is 40.3 Å². The number of likely N-dealkylation sites (tertiary alicyclic amines) is 1. The standard InChI is InChI=1S/C16H33N3/c1-4-10-17-15-7-5-6-8-16(15)19(3)13-14-9-11-18(2)12-14/h14-17H,4-13H2,1-3H3. The van der Waals surface area contributed by atoms with Crippen LogP contribution in [0.1, 0.15) is 45.4 Å². The van der Waals surface area contributed by atoms with Gasteiger partial charge in [0, 0.05) is 25.2 Å². The summed E-state index contributed by atoms with van der Waals surface area (Å²) in [6.45, 7) is 7.33. The Morgan fingerprint density at radius 2 is 2.00 bits per heavy atom. The summed E-state index contributed by atoms with van der Waals surface area (Å²) in [6, 6.07) is 1.50. The first kappa shape index (κ1) is 15.3. The van der Waals surface area contributed by atoms with Gasteiger partial charge in [-0.25, -0.2) is 0 Å². The zero-order valence-electron chi connectivity index (χ0n) is 13.2. The molecule has 0 bridgehead atoms. The summed E-state index contributed by atoms with van der Waals surface area (Å²) in [5, 5.41) is 3.78. The highest BCUT2D eigenvalue weighted by Gasteiger charge is 2.30. The number of nitrogens with one attached hydrogen (secondary N) is 1. The molecule has 1 saturated heterocycles. The van der Waals surface area contributed by atoms with Crippen LogP contribution < -0.4 is 5.32 Å². The van der Waals surface area contributed by atoms with Gasteiger partial charge in [0.2, 0.25) is 0 Å². The van der Waals surface area contributed by atoms with Crippen molar-refractivity contribution in [1.29, 1.82) is 0 Å². The van der Waals surface area contributed by atoms with E-state index in [1.807, 2.05) is 0 Å². The van der Waals surface area contributed by atoms with Gasteiger partial charge >= 0.3 is 0 Å². The second kappa shape index (κ2) is 7.61. The van der Waals surface area contributed by atoms with Crippen LogP contribution in [0.15, 0.2) is 0 Å². The Kier molecular flexibility index (Phi) is 6.11. The summed E-state index contributed by atoms with van der Waals surface area (Å²) in [4.78, 5) is 5.14. The maximum Gasteiger partial charge on any atom is 0.0246 e. The van der Waals surface area contributed by atoms with Gasteiger partial charge in [0.1, 0.15) is 0 Å². The molecule has 0 radical (unpaired) electrons. The van der Waals surface area contributed by atoms with Crippen LogP contribution in [0, 0.1) is 5.92 Å². The third kappa shape index (κ3) is 4.44. The molecule has 0 aromatic carbocycles. The van der Waals surface area contributed by atoms with Crippen LogP contribution in [0.5, 0.6) is 0 Å². The number of nitrogens with zero attached hydrogens (tertiary/aromatic N) is 2. The van der Waals surface area contributed by atoms with E-state index >= 15 is 0 Å². The third-order valence-electron chi connectivity index (χ3n) is 4.99. The average Bonchev–Trinajstić information content (AvgIpc) is 2.82. The molecule has 2 rings (SSSR count). The lowest BCUT2D eigenvalue weighted by atomic mass is 9.88. The Hall–Kier alpha value is -0.120. The van der Waals surface area contributed by atoms with Gasteiger partial charge in [-0.15, -0.1) is 0 Å². The van der Waals surface area contributed by atoms with Crippen molar-refractivity contribution >= 4 is 0 Å². The molecule has 0 amide bonds. The molecular formula is C16H33N3. The van der Waals surface area contributed by atoms with E-state index in [-0.39, 0.29) is 0 Å². The predicted molar refractivity (Wildman–Crippen MR) is 82.6 cm³/mol. The SMILES string of the molecule is CCCNC1CCCCC1N(C)CC1CCN(C)C1. The van der Waals surface area contributed by atoms with Crippen LogP contribution in [-0.4, -0.2) is 62.2 Å². The Morgan fingerprint density at radius 1 is 1.21 bits per heavy atom. The van der Waals surface area contributed by atoms with Crippen molar-refractivity contribution in [3.05, 3.63) is 0 Å². The predicted octanol–water partition coefficient (Wildman–Crippen LogP) is 2.18. The molecule has 0 aromatic heterocycles. The third-order valence-corrected chi connectivity index (χ3v) is 4.99. The second-order valence-electron chi connectivity index (χ2n) is 6.77. The average molecular weight is 267 g/mol.